The molecule has 0 unspecified atom stereocenters. The second kappa shape index (κ2) is 34.9. The van der Waals surface area contributed by atoms with Crippen molar-refractivity contribution in [1.82, 2.24) is 54.8 Å². The highest BCUT2D eigenvalue weighted by atomic mass is 32.1. The number of para-hydroxylation sites is 3. The van der Waals surface area contributed by atoms with Crippen LogP contribution in [0.15, 0.2) is 468 Å². The first kappa shape index (κ1) is 85.5. The summed E-state index contributed by atoms with van der Waals surface area (Å²) in [5.41, 5.74) is 27.2. The summed E-state index contributed by atoms with van der Waals surface area (Å²) in [7, 11) is 0. The van der Waals surface area contributed by atoms with E-state index < -0.39 is 0 Å². The lowest BCUT2D eigenvalue weighted by molar-refractivity contribution is 1.18. The van der Waals surface area contributed by atoms with Gasteiger partial charge in [0.05, 0.1) is 66.7 Å². The maximum absolute atomic E-state index is 5.27. The van der Waals surface area contributed by atoms with Crippen LogP contribution in [0, 0.1) is 0 Å². The Labute approximate surface area is 863 Å². The molecule has 690 valence electrons. The molecular weight excluding hydrogens is 1870 g/mol. The number of rotatable bonds is 9. The predicted octanol–water partition coefficient (Wildman–Crippen LogP) is 36.7. The largest absolute Gasteiger partial charge is 0.254 e. The van der Waals surface area contributed by atoms with Crippen molar-refractivity contribution < 1.29 is 0 Å². The van der Waals surface area contributed by atoms with Crippen molar-refractivity contribution in [1.29, 1.82) is 0 Å². The molecule has 0 aliphatic rings. The van der Waals surface area contributed by atoms with Crippen LogP contribution in [0.4, 0.5) is 0 Å². The summed E-state index contributed by atoms with van der Waals surface area (Å²) < 4.78 is 7.88. The summed E-state index contributed by atoms with van der Waals surface area (Å²) in [6.45, 7) is 0. The molecule has 0 bridgehead atoms. The summed E-state index contributed by atoms with van der Waals surface area (Å²) >= 11 is 5.61. The van der Waals surface area contributed by atoms with E-state index in [0.717, 1.165) is 138 Å². The van der Waals surface area contributed by atoms with Gasteiger partial charge >= 0.3 is 0 Å². The van der Waals surface area contributed by atoms with Gasteiger partial charge < -0.3 is 0 Å². The molecule has 0 amide bonds. The Kier molecular flexibility index (Phi) is 20.0. The standard InChI is InChI=1S/2C47H27N3S.C41H23N5S/c1-3-11-41-38(9-1)43-39(22-21-37-35-8-2-4-12-42(35)51-47(37)43)44(50-41)29-15-13-28(14-16-29)30-17-18-32-26-33(20-19-31(32)25-30)40-27-34-7-5-23-48-45(34)46-36(40)10-6-24-49-46;1-2-11-33-32(10-1)31(21-22-34(33)40-27-30-9-7-25-48-45(30)46-36(40)14-8-26-49-46)28-17-19-29(20-18-28)44-39-24-23-37-35-12-4-6-16-42(35)51-47(37)43(39)38-13-3-5-15-41(38)50-44;1-3-11-34-31(9-1)36-32(18-17-30-28-8-2-4-12-35(28)47-40(30)36)37(46-34)24-13-15-25(16-14-24)41-44-22-27(23-45-41)33-21-26-7-5-19-42-38(26)39-29(33)10-6-20-43-39/h2*1-27H;1-23H. The molecule has 13 aromatic heterocycles. The molecular formula is C135H77N11S3. The van der Waals surface area contributed by atoms with Crippen molar-refractivity contribution in [3.63, 3.8) is 0 Å². The predicted molar refractivity (Wildman–Crippen MR) is 628 cm³/mol. The molecule has 0 aliphatic carbocycles. The van der Waals surface area contributed by atoms with Gasteiger partial charge in [-0.3, -0.25) is 29.9 Å². The smallest absolute Gasteiger partial charge is 0.159 e. The summed E-state index contributed by atoms with van der Waals surface area (Å²) in [5, 5.41) is 30.1. The fourth-order valence-electron chi connectivity index (χ4n) is 22.7. The van der Waals surface area contributed by atoms with Crippen molar-refractivity contribution in [2.24, 2.45) is 0 Å². The lowest BCUT2D eigenvalue weighted by Crippen LogP contribution is -1.93. The normalized spacial score (nSPS) is 11.9. The highest BCUT2D eigenvalue weighted by Gasteiger charge is 2.25. The van der Waals surface area contributed by atoms with Crippen molar-refractivity contribution >= 4 is 247 Å². The van der Waals surface area contributed by atoms with Crippen LogP contribution < -0.4 is 0 Å². The Morgan fingerprint density at radius 1 is 0.154 bits per heavy atom. The van der Waals surface area contributed by atoms with E-state index in [-0.39, 0.29) is 0 Å². The van der Waals surface area contributed by atoms with Crippen LogP contribution in [0.5, 0.6) is 0 Å². The third-order valence-corrected chi connectivity index (χ3v) is 33.3. The molecule has 0 radical (unpaired) electrons. The van der Waals surface area contributed by atoms with Gasteiger partial charge in [-0.2, -0.15) is 0 Å². The Morgan fingerprint density at radius 2 is 0.456 bits per heavy atom. The molecule has 0 aliphatic heterocycles. The number of fused-ring (bicyclic) bond motifs is 32. The molecule has 32 rings (SSSR count). The minimum atomic E-state index is 0.675. The third kappa shape index (κ3) is 14.2. The van der Waals surface area contributed by atoms with E-state index in [4.69, 9.17) is 34.9 Å². The quantitative estimate of drug-likeness (QED) is 0.127. The zero-order chi connectivity index (χ0) is 97.8. The number of nitrogens with zero attached hydrogens (tertiary/aromatic N) is 11. The monoisotopic (exact) mass is 1950 g/mol. The third-order valence-electron chi connectivity index (χ3n) is 29.7. The van der Waals surface area contributed by atoms with Crippen molar-refractivity contribution in [3.05, 3.63) is 468 Å². The zero-order valence-electron chi connectivity index (χ0n) is 79.6. The second-order valence-corrected chi connectivity index (χ2v) is 41.2. The van der Waals surface area contributed by atoms with Crippen LogP contribution in [0.3, 0.4) is 0 Å². The van der Waals surface area contributed by atoms with Gasteiger partial charge in [0.25, 0.3) is 0 Å². The van der Waals surface area contributed by atoms with Crippen molar-refractivity contribution in [2.75, 3.05) is 0 Å². The molecule has 0 fully saturated rings. The molecule has 149 heavy (non-hydrogen) atoms. The highest BCUT2D eigenvalue weighted by Crippen LogP contribution is 2.51. The van der Waals surface area contributed by atoms with E-state index in [2.05, 4.69) is 402 Å². The fourth-order valence-corrected chi connectivity index (χ4v) is 26.5. The molecule has 0 atom stereocenters. The van der Waals surface area contributed by atoms with Crippen LogP contribution in [0.2, 0.25) is 0 Å². The topological polar surface area (TPSA) is 142 Å². The Morgan fingerprint density at radius 3 is 0.886 bits per heavy atom. The molecule has 14 heteroatoms. The second-order valence-electron chi connectivity index (χ2n) is 38.0. The van der Waals surface area contributed by atoms with Crippen LogP contribution >= 0.6 is 34.0 Å². The Bertz CT molecular complexity index is 11200. The molecule has 13 heterocycles. The van der Waals surface area contributed by atoms with Gasteiger partial charge in [-0.1, -0.05) is 315 Å². The first-order valence-electron chi connectivity index (χ1n) is 49.8. The van der Waals surface area contributed by atoms with Gasteiger partial charge in [-0.15, -0.1) is 34.0 Å². The minimum absolute atomic E-state index is 0.675. The number of hydrogen-bond acceptors (Lipinski definition) is 14. The average Bonchev–Trinajstić information content (AvgIpc) is 1.66. The zero-order valence-corrected chi connectivity index (χ0v) is 82.0. The maximum Gasteiger partial charge on any atom is 0.159 e. The van der Waals surface area contributed by atoms with Gasteiger partial charge in [-0.25, -0.2) is 24.9 Å². The van der Waals surface area contributed by atoms with Crippen molar-refractivity contribution in [3.8, 4) is 101 Å². The van der Waals surface area contributed by atoms with E-state index in [0.29, 0.717) is 5.82 Å². The average molecular weight is 1950 g/mol. The molecule has 0 spiro atoms. The fraction of sp³-hybridized carbons (Fsp3) is 0. The lowest BCUT2D eigenvalue weighted by atomic mass is 9.89. The molecule has 0 saturated heterocycles. The lowest BCUT2D eigenvalue weighted by Gasteiger charge is -2.15. The van der Waals surface area contributed by atoms with E-state index in [9.17, 15) is 0 Å². The number of pyridine rings is 9. The van der Waals surface area contributed by atoms with Crippen LogP contribution in [0.25, 0.3) is 313 Å². The number of thiophene rings is 3. The first-order valence-corrected chi connectivity index (χ1v) is 52.3. The SMILES string of the molecule is c1cnc2c(c1)cc(-c1ccc(-c3ccc(-c4nc5ccccc5c5c4ccc4c6ccccc6sc45)cc3)c3ccccc13)c1cccnc12.c1cnc2c(c1)cc(-c1ccc3cc(-c4ccc(-c5nc6ccccc6c6c5ccc5c7ccccc7sc56)cc4)ccc3c1)c1cccnc12.c1cnc2c(c1)cc(-c1cnc(-c3ccc(-c4nc5ccccc5c5c4ccc4c6ccccc6sc45)cc3)nc1)c1cccnc12. The maximum atomic E-state index is 5.27. The summed E-state index contributed by atoms with van der Waals surface area (Å²) in [6.07, 6.45) is 14.8. The number of hydrogen-bond donors (Lipinski definition) is 0. The van der Waals surface area contributed by atoms with Crippen LogP contribution in [-0.4, -0.2) is 54.8 Å². The molecule has 0 N–H and O–H groups in total. The Hall–Kier alpha value is -19.1. The molecule has 19 aromatic carbocycles. The minimum Gasteiger partial charge on any atom is -0.254 e. The van der Waals surface area contributed by atoms with Gasteiger partial charge in [0.15, 0.2) is 5.82 Å². The van der Waals surface area contributed by atoms with Crippen LogP contribution in [0.1, 0.15) is 0 Å². The van der Waals surface area contributed by atoms with E-state index in [1.807, 2.05) is 120 Å². The molecule has 32 aromatic rings. The summed E-state index contributed by atoms with van der Waals surface area (Å²) in [5.74, 6) is 0.675. The summed E-state index contributed by atoms with van der Waals surface area (Å²) in [4.78, 5) is 53.3. The van der Waals surface area contributed by atoms with Gasteiger partial charge in [0.1, 0.15) is 0 Å². The van der Waals surface area contributed by atoms with Gasteiger partial charge in [0.2, 0.25) is 0 Å². The Balaban J connectivity index is 0.000000103. The van der Waals surface area contributed by atoms with E-state index >= 15 is 0 Å². The first-order chi connectivity index (χ1) is 73.9. The van der Waals surface area contributed by atoms with Gasteiger partial charge in [0, 0.05) is 219 Å². The van der Waals surface area contributed by atoms with E-state index in [1.165, 1.54) is 170 Å². The number of benzene rings is 19. The highest BCUT2D eigenvalue weighted by molar-refractivity contribution is 7.27. The van der Waals surface area contributed by atoms with Crippen molar-refractivity contribution in [2.45, 2.75) is 0 Å². The van der Waals surface area contributed by atoms with E-state index in [1.54, 1.807) is 0 Å². The molecule has 0 saturated carbocycles. The number of aromatic nitrogens is 11. The summed E-state index contributed by atoms with van der Waals surface area (Å²) in [6, 6.07) is 150. The van der Waals surface area contributed by atoms with Crippen LogP contribution in [-0.2, 0) is 0 Å². The molecule has 11 nitrogen and oxygen atoms in total. The van der Waals surface area contributed by atoms with Gasteiger partial charge in [-0.05, 0) is 175 Å².